The van der Waals surface area contributed by atoms with Gasteiger partial charge in [0.05, 0.1) is 12.6 Å². The minimum atomic E-state index is -0.686. The molecule has 4 aliphatic rings. The van der Waals surface area contributed by atoms with Crippen LogP contribution in [0.4, 0.5) is 0 Å². The second-order valence-corrected chi connectivity index (χ2v) is 11.4. The van der Waals surface area contributed by atoms with Crippen molar-refractivity contribution in [3.05, 3.63) is 35.9 Å². The molecule has 1 aromatic rings. The van der Waals surface area contributed by atoms with Gasteiger partial charge in [0.2, 0.25) is 17.7 Å². The van der Waals surface area contributed by atoms with E-state index in [2.05, 4.69) is 16.0 Å². The zero-order chi connectivity index (χ0) is 24.1. The predicted molar refractivity (Wildman–Crippen MR) is 146 cm³/mol. The Labute approximate surface area is 224 Å². The summed E-state index contributed by atoms with van der Waals surface area (Å²) < 4.78 is 0. The lowest BCUT2D eigenvalue weighted by Gasteiger charge is -2.54. The number of nitrogens with two attached hydrogens (primary N) is 1. The van der Waals surface area contributed by atoms with E-state index in [4.69, 9.17) is 5.73 Å². The van der Waals surface area contributed by atoms with Crippen LogP contribution in [0.2, 0.25) is 0 Å². The van der Waals surface area contributed by atoms with Crippen molar-refractivity contribution >= 4 is 41.9 Å². The molecular formula is C26H41ClN4O4S. The molecule has 5 rings (SSSR count). The highest BCUT2D eigenvalue weighted by molar-refractivity contribution is 7.98. The minimum Gasteiger partial charge on any atom is -0.412 e. The lowest BCUT2D eigenvalue weighted by atomic mass is 9.54. The molecular weight excluding hydrogens is 500 g/mol. The van der Waals surface area contributed by atoms with Gasteiger partial charge in [0, 0.05) is 12.5 Å². The van der Waals surface area contributed by atoms with E-state index in [1.54, 1.807) is 11.8 Å². The van der Waals surface area contributed by atoms with Crippen molar-refractivity contribution in [2.24, 2.45) is 29.4 Å². The van der Waals surface area contributed by atoms with E-state index in [1.165, 1.54) is 32.1 Å². The Balaban J connectivity index is 0.00000228. The van der Waals surface area contributed by atoms with Crippen LogP contribution < -0.4 is 21.7 Å². The highest BCUT2D eigenvalue weighted by Gasteiger charge is 2.49. The Morgan fingerprint density at radius 2 is 1.61 bits per heavy atom. The summed E-state index contributed by atoms with van der Waals surface area (Å²) in [6.45, 7) is -0.192. The Bertz CT molecular complexity index is 847. The molecule has 7 N–H and O–H groups in total. The molecule has 202 valence electrons. The number of carbonyl (C=O) groups is 3. The first-order chi connectivity index (χ1) is 16.4. The van der Waals surface area contributed by atoms with Gasteiger partial charge in [0.25, 0.3) is 0 Å². The molecule has 0 aromatic heterocycles. The van der Waals surface area contributed by atoms with Crippen LogP contribution in [-0.2, 0) is 20.8 Å². The molecule has 36 heavy (non-hydrogen) atoms. The number of carbonyl (C=O) groups excluding carboxylic acids is 3. The van der Waals surface area contributed by atoms with E-state index >= 15 is 0 Å². The summed E-state index contributed by atoms with van der Waals surface area (Å²) in [6.07, 6.45) is 9.16. The average molecular weight is 541 g/mol. The topological polar surface area (TPSA) is 145 Å². The highest BCUT2D eigenvalue weighted by atomic mass is 35.5. The minimum absolute atomic E-state index is 0. The summed E-state index contributed by atoms with van der Waals surface area (Å²) in [5.74, 6) is 2.73. The maximum absolute atomic E-state index is 13.4. The smallest absolute Gasteiger partial charge is 0.243 e. The number of rotatable bonds is 11. The van der Waals surface area contributed by atoms with Crippen LogP contribution >= 0.6 is 24.2 Å². The van der Waals surface area contributed by atoms with Gasteiger partial charge in [0.15, 0.2) is 0 Å². The van der Waals surface area contributed by atoms with E-state index < -0.39 is 12.1 Å². The molecule has 4 fully saturated rings. The van der Waals surface area contributed by atoms with E-state index in [9.17, 15) is 14.4 Å². The van der Waals surface area contributed by atoms with Crippen molar-refractivity contribution in [2.45, 2.75) is 63.1 Å². The second-order valence-electron chi connectivity index (χ2n) is 10.4. The van der Waals surface area contributed by atoms with Crippen molar-refractivity contribution < 1.29 is 19.9 Å². The highest BCUT2D eigenvalue weighted by Crippen LogP contribution is 2.53. The summed E-state index contributed by atoms with van der Waals surface area (Å²) in [4.78, 5) is 38.2. The zero-order valence-electron chi connectivity index (χ0n) is 20.9. The van der Waals surface area contributed by atoms with E-state index in [0.29, 0.717) is 24.7 Å². The largest absolute Gasteiger partial charge is 0.412 e. The Morgan fingerprint density at radius 3 is 2.19 bits per heavy atom. The fraction of sp³-hybridized carbons (Fsp3) is 0.654. The number of amides is 3. The monoisotopic (exact) mass is 540 g/mol. The summed E-state index contributed by atoms with van der Waals surface area (Å²) in [5, 5.41) is 8.80. The van der Waals surface area contributed by atoms with E-state index in [0.717, 1.165) is 23.2 Å². The number of hydrogen-bond acceptors (Lipinski definition) is 5. The van der Waals surface area contributed by atoms with Gasteiger partial charge in [-0.1, -0.05) is 30.3 Å². The third-order valence-corrected chi connectivity index (χ3v) is 8.51. The van der Waals surface area contributed by atoms with Crippen LogP contribution in [0.1, 0.15) is 44.1 Å². The van der Waals surface area contributed by atoms with Gasteiger partial charge in [0.1, 0.15) is 6.04 Å². The molecule has 2 atom stereocenters. The molecule has 4 bridgehead atoms. The fourth-order valence-electron chi connectivity index (χ4n) is 6.40. The molecule has 0 radical (unpaired) electrons. The van der Waals surface area contributed by atoms with Gasteiger partial charge >= 0.3 is 0 Å². The van der Waals surface area contributed by atoms with Crippen molar-refractivity contribution in [1.29, 1.82) is 0 Å². The number of halogens is 1. The molecule has 4 saturated carbocycles. The number of benzene rings is 1. The molecule has 0 spiro atoms. The third-order valence-electron chi connectivity index (χ3n) is 7.86. The maximum Gasteiger partial charge on any atom is 0.243 e. The van der Waals surface area contributed by atoms with Crippen LogP contribution in [0.5, 0.6) is 0 Å². The first-order valence-corrected chi connectivity index (χ1v) is 14.0. The molecule has 3 amide bonds. The number of thioether (sulfide) groups is 1. The van der Waals surface area contributed by atoms with Gasteiger partial charge in [-0.05, 0) is 79.8 Å². The summed E-state index contributed by atoms with van der Waals surface area (Å²) in [7, 11) is 0. The average Bonchev–Trinajstić information content (AvgIpc) is 2.82. The number of nitrogens with one attached hydrogen (secondary N) is 3. The maximum atomic E-state index is 13.4. The summed E-state index contributed by atoms with van der Waals surface area (Å²) in [5.41, 5.74) is 6.86. The van der Waals surface area contributed by atoms with Crippen LogP contribution in [0.3, 0.4) is 0 Å². The van der Waals surface area contributed by atoms with Crippen LogP contribution in [0.25, 0.3) is 0 Å². The lowest BCUT2D eigenvalue weighted by Crippen LogP contribution is -2.59. The Morgan fingerprint density at radius 1 is 1.00 bits per heavy atom. The van der Waals surface area contributed by atoms with E-state index in [-0.39, 0.29) is 48.2 Å². The van der Waals surface area contributed by atoms with Gasteiger partial charge < -0.3 is 27.2 Å². The molecule has 0 aliphatic heterocycles. The van der Waals surface area contributed by atoms with Crippen LogP contribution in [0, 0.1) is 23.7 Å². The van der Waals surface area contributed by atoms with Gasteiger partial charge in [-0.3, -0.25) is 14.4 Å². The quantitative estimate of drug-likeness (QED) is 0.335. The normalized spacial score (nSPS) is 27.1. The fourth-order valence-corrected chi connectivity index (χ4v) is 6.89. The van der Waals surface area contributed by atoms with Crippen LogP contribution in [-0.4, -0.2) is 59.9 Å². The SMILES string of the molecule is CSCC[C@@H](N)C(=O)NCC(=O)N[C@H](Cc1ccccc1)C(=O)NC1C2CC3CC(C2)CC1C3.Cl.O. The van der Waals surface area contributed by atoms with Crippen molar-refractivity contribution in [3.63, 3.8) is 0 Å². The van der Waals surface area contributed by atoms with Gasteiger partial charge in [-0.15, -0.1) is 12.4 Å². The van der Waals surface area contributed by atoms with Crippen molar-refractivity contribution in [3.8, 4) is 0 Å². The summed E-state index contributed by atoms with van der Waals surface area (Å²) >= 11 is 1.62. The standard InChI is InChI=1S/C26H38N4O3S.ClH.H2O/c1-34-8-7-21(27)25(32)28-15-23(31)29-22(14-16-5-3-2-4-6-16)26(33)30-24-19-10-17-9-18(12-19)13-20(24)11-17;;/h2-6,17-22,24H,7-15,27H2,1H3,(H,28,32)(H,29,31)(H,30,33);1H;1H2/t17?,18?,19?,20?,21-,22-,24?;;/m1../s1. The van der Waals surface area contributed by atoms with Crippen LogP contribution in [0.15, 0.2) is 30.3 Å². The van der Waals surface area contributed by atoms with Gasteiger partial charge in [-0.25, -0.2) is 0 Å². The van der Waals surface area contributed by atoms with Crippen molar-refractivity contribution in [2.75, 3.05) is 18.6 Å². The third kappa shape index (κ3) is 7.84. The van der Waals surface area contributed by atoms with E-state index in [1.807, 2.05) is 36.6 Å². The first-order valence-electron chi connectivity index (χ1n) is 12.6. The molecule has 1 aromatic carbocycles. The zero-order valence-corrected chi connectivity index (χ0v) is 22.5. The predicted octanol–water partition coefficient (Wildman–Crippen LogP) is 1.45. The van der Waals surface area contributed by atoms with Crippen molar-refractivity contribution in [1.82, 2.24) is 16.0 Å². The molecule has 0 unspecified atom stereocenters. The molecule has 0 heterocycles. The first kappa shape index (κ1) is 30.4. The molecule has 10 heteroatoms. The molecule has 0 saturated heterocycles. The lowest BCUT2D eigenvalue weighted by molar-refractivity contribution is -0.131. The Hall–Kier alpha value is -1.81. The number of hydrogen-bond donors (Lipinski definition) is 4. The molecule has 4 aliphatic carbocycles. The van der Waals surface area contributed by atoms with Gasteiger partial charge in [-0.2, -0.15) is 11.8 Å². The Kier molecular flexibility index (Phi) is 12.0. The second kappa shape index (κ2) is 14.2. The molecule has 8 nitrogen and oxygen atoms in total. The summed E-state index contributed by atoms with van der Waals surface area (Å²) in [6, 6.07) is 8.60.